The van der Waals surface area contributed by atoms with Gasteiger partial charge in [-0.1, -0.05) is 18.6 Å². The summed E-state index contributed by atoms with van der Waals surface area (Å²) >= 11 is 0. The van der Waals surface area contributed by atoms with Crippen molar-refractivity contribution in [2.24, 2.45) is 22.7 Å². The molecule has 0 radical (unpaired) electrons. The van der Waals surface area contributed by atoms with E-state index in [9.17, 15) is 9.90 Å². The smallest absolute Gasteiger partial charge is 0.316 e. The van der Waals surface area contributed by atoms with Crippen molar-refractivity contribution in [3.05, 3.63) is 23.8 Å². The average molecular weight is 420 g/mol. The summed E-state index contributed by atoms with van der Waals surface area (Å²) in [5.41, 5.74) is -3.44. The molecule has 2 heterocycles. The molecule has 2 saturated heterocycles. The molecule has 6 aliphatic rings. The highest BCUT2D eigenvalue weighted by Crippen LogP contribution is 2.73. The monoisotopic (exact) mass is 420 g/mol. The van der Waals surface area contributed by atoms with Crippen molar-refractivity contribution in [1.82, 2.24) is 0 Å². The van der Waals surface area contributed by atoms with Crippen molar-refractivity contribution in [3.8, 4) is 0 Å². The number of allylic oxidation sites excluding steroid dienone is 4. The van der Waals surface area contributed by atoms with Gasteiger partial charge in [0.2, 0.25) is 0 Å². The summed E-state index contributed by atoms with van der Waals surface area (Å²) in [5.74, 6) is -1.74. The number of carbonyl (C=O) groups is 1. The van der Waals surface area contributed by atoms with Crippen molar-refractivity contribution in [2.45, 2.75) is 69.3 Å². The Balaban J connectivity index is 1.45. The number of aliphatic hydroxyl groups excluding tert-OH is 1. The Morgan fingerprint density at radius 3 is 2.63 bits per heavy atom. The first-order valence-corrected chi connectivity index (χ1v) is 11.1. The van der Waals surface area contributed by atoms with Crippen LogP contribution in [0.4, 0.5) is 4.39 Å². The predicted molar refractivity (Wildman–Crippen MR) is 103 cm³/mol. The van der Waals surface area contributed by atoms with E-state index in [0.717, 1.165) is 12.0 Å². The lowest BCUT2D eigenvalue weighted by Crippen LogP contribution is -2.70. The quantitative estimate of drug-likeness (QED) is 0.650. The van der Waals surface area contributed by atoms with Gasteiger partial charge in [0.15, 0.2) is 23.8 Å². The lowest BCUT2D eigenvalue weighted by Gasteiger charge is -2.63. The van der Waals surface area contributed by atoms with E-state index in [2.05, 4.69) is 6.92 Å². The zero-order valence-electron chi connectivity index (χ0n) is 17.5. The fraction of sp³-hybridized carbons (Fsp3) is 0.783. The van der Waals surface area contributed by atoms with E-state index in [1.54, 1.807) is 12.2 Å². The molecule has 6 nitrogen and oxygen atoms in total. The second kappa shape index (κ2) is 5.81. The van der Waals surface area contributed by atoms with Crippen LogP contribution in [0.1, 0.15) is 46.0 Å². The van der Waals surface area contributed by atoms with Crippen molar-refractivity contribution >= 4 is 5.78 Å². The molecule has 0 aromatic rings. The molecule has 7 heteroatoms. The van der Waals surface area contributed by atoms with Crippen LogP contribution >= 0.6 is 0 Å². The number of halogens is 1. The fourth-order valence-corrected chi connectivity index (χ4v) is 8.06. The molecule has 164 valence electrons. The van der Waals surface area contributed by atoms with Crippen LogP contribution in [0, 0.1) is 22.7 Å². The summed E-state index contributed by atoms with van der Waals surface area (Å²) in [6.07, 6.45) is 6.39. The minimum atomic E-state index is -1.84. The minimum Gasteiger partial charge on any atom is -0.390 e. The Bertz CT molecular complexity index is 858. The van der Waals surface area contributed by atoms with Crippen LogP contribution in [-0.2, 0) is 23.7 Å². The predicted octanol–water partition coefficient (Wildman–Crippen LogP) is 2.80. The van der Waals surface area contributed by atoms with Gasteiger partial charge >= 0.3 is 5.97 Å². The molecule has 2 spiro atoms. The van der Waals surface area contributed by atoms with E-state index in [1.165, 1.54) is 6.08 Å². The van der Waals surface area contributed by atoms with E-state index in [1.807, 2.05) is 6.92 Å². The Hall–Kier alpha value is -1.12. The number of ketones is 1. The van der Waals surface area contributed by atoms with E-state index < -0.39 is 34.2 Å². The maximum Gasteiger partial charge on any atom is 0.316 e. The van der Waals surface area contributed by atoms with Crippen LogP contribution in [0.15, 0.2) is 23.8 Å². The number of aliphatic hydroxyl groups is 1. The summed E-state index contributed by atoms with van der Waals surface area (Å²) in [7, 11) is 0. The molecule has 0 unspecified atom stereocenters. The number of ether oxygens (including phenoxy) is 4. The number of alkyl halides is 1. The first-order chi connectivity index (χ1) is 14.2. The summed E-state index contributed by atoms with van der Waals surface area (Å²) < 4.78 is 41.2. The van der Waals surface area contributed by atoms with Crippen LogP contribution in [0.5, 0.6) is 0 Å². The van der Waals surface area contributed by atoms with Gasteiger partial charge in [-0.3, -0.25) is 9.53 Å². The highest BCUT2D eigenvalue weighted by atomic mass is 19.1. The van der Waals surface area contributed by atoms with Crippen LogP contribution in [0.2, 0.25) is 0 Å². The lowest BCUT2D eigenvalue weighted by atomic mass is 9.44. The summed E-state index contributed by atoms with van der Waals surface area (Å²) in [6.45, 7) is 4.85. The van der Waals surface area contributed by atoms with E-state index in [0.29, 0.717) is 32.5 Å². The van der Waals surface area contributed by atoms with Crippen LogP contribution in [0.25, 0.3) is 0 Å². The van der Waals surface area contributed by atoms with Crippen molar-refractivity contribution in [1.29, 1.82) is 0 Å². The topological polar surface area (TPSA) is 74.2 Å². The molecule has 4 aliphatic carbocycles. The Kier molecular flexibility index (Phi) is 3.79. The molecule has 0 aromatic carbocycles. The number of hydrogen-bond donors (Lipinski definition) is 1. The third-order valence-electron chi connectivity index (χ3n) is 9.48. The molecule has 7 atom stereocenters. The minimum absolute atomic E-state index is 0.0123. The van der Waals surface area contributed by atoms with Gasteiger partial charge in [-0.25, -0.2) is 4.39 Å². The highest BCUT2D eigenvalue weighted by Gasteiger charge is 2.80. The van der Waals surface area contributed by atoms with Gasteiger partial charge in [-0.2, -0.15) is 0 Å². The van der Waals surface area contributed by atoms with Crippen molar-refractivity contribution < 1.29 is 33.2 Å². The molecular weight excluding hydrogens is 391 g/mol. The number of hydrogen-bond acceptors (Lipinski definition) is 6. The van der Waals surface area contributed by atoms with Gasteiger partial charge in [0.05, 0.1) is 19.3 Å². The van der Waals surface area contributed by atoms with Gasteiger partial charge in [0, 0.05) is 16.7 Å². The molecule has 5 fully saturated rings. The van der Waals surface area contributed by atoms with Crippen LogP contribution in [-0.4, -0.2) is 54.2 Å². The van der Waals surface area contributed by atoms with Gasteiger partial charge < -0.3 is 19.3 Å². The molecule has 0 amide bonds. The molecule has 1 N–H and O–H groups in total. The standard InChI is InChI=1S/C23H29FO6/c1-19-7-5-15(25)11-14(19)3-4-17-16-6-8-21(20(16,2)12-18(26)22(17,19)24)23(30-13-29-21)27-9-10-28-23/h5,7,11,16-18,26H,3-4,6,8-10,12-13H2,1-2H3/t16-,17-,18-,19-,20-,21-,22-/m0/s1. The van der Waals surface area contributed by atoms with E-state index in [-0.39, 0.29) is 30.8 Å². The molecule has 6 rings (SSSR count). The Morgan fingerprint density at radius 2 is 1.87 bits per heavy atom. The van der Waals surface area contributed by atoms with E-state index in [4.69, 9.17) is 18.9 Å². The maximum absolute atomic E-state index is 17.1. The summed E-state index contributed by atoms with van der Waals surface area (Å²) in [6, 6.07) is 0. The second-order valence-electron chi connectivity index (χ2n) is 10.3. The normalized spacial score (nSPS) is 53.7. The van der Waals surface area contributed by atoms with Crippen molar-refractivity contribution in [2.75, 3.05) is 20.0 Å². The van der Waals surface area contributed by atoms with E-state index >= 15 is 4.39 Å². The lowest BCUT2D eigenvalue weighted by molar-refractivity contribution is -0.364. The van der Waals surface area contributed by atoms with Gasteiger partial charge in [-0.05, 0) is 57.1 Å². The zero-order chi connectivity index (χ0) is 21.0. The van der Waals surface area contributed by atoms with Gasteiger partial charge in [0.25, 0.3) is 0 Å². The van der Waals surface area contributed by atoms with Crippen LogP contribution in [0.3, 0.4) is 0 Å². The van der Waals surface area contributed by atoms with Gasteiger partial charge in [0.1, 0.15) is 0 Å². The summed E-state index contributed by atoms with van der Waals surface area (Å²) in [5, 5.41) is 11.4. The molecule has 30 heavy (non-hydrogen) atoms. The largest absolute Gasteiger partial charge is 0.390 e. The third kappa shape index (κ3) is 1.92. The third-order valence-corrected chi connectivity index (χ3v) is 9.48. The molecule has 0 aromatic heterocycles. The fourth-order valence-electron chi connectivity index (χ4n) is 8.06. The number of fused-ring (bicyclic) bond motifs is 7. The average Bonchev–Trinajstić information content (AvgIpc) is 3.40. The zero-order valence-corrected chi connectivity index (χ0v) is 17.5. The SMILES string of the molecule is C[C@]12C=CC(=O)C=C1CC[C@H]1[C@@H]3CC[C@]4(OCOC45OCCO5)[C@@]3(C)C[C@H](O)[C@@]12F. The number of rotatable bonds is 0. The van der Waals surface area contributed by atoms with Crippen LogP contribution < -0.4 is 0 Å². The number of carbonyl (C=O) groups excluding carboxylic acids is 1. The van der Waals surface area contributed by atoms with Crippen molar-refractivity contribution in [3.63, 3.8) is 0 Å². The molecule has 2 aliphatic heterocycles. The highest BCUT2D eigenvalue weighted by molar-refractivity contribution is 6.01. The first-order valence-electron chi connectivity index (χ1n) is 11.1. The second-order valence-corrected chi connectivity index (χ2v) is 10.3. The first kappa shape index (κ1) is 19.6. The molecular formula is C23H29FO6. The van der Waals surface area contributed by atoms with Gasteiger partial charge in [-0.15, -0.1) is 0 Å². The Labute approximate surface area is 175 Å². The molecule has 3 saturated carbocycles. The maximum atomic E-state index is 17.1. The molecule has 0 bridgehead atoms. The Morgan fingerprint density at radius 1 is 1.10 bits per heavy atom. The summed E-state index contributed by atoms with van der Waals surface area (Å²) in [4.78, 5) is 11.9.